The van der Waals surface area contributed by atoms with Crippen LogP contribution in [0.2, 0.25) is 0 Å². The van der Waals surface area contributed by atoms with Gasteiger partial charge in [-0.2, -0.15) is 5.10 Å². The first kappa shape index (κ1) is 19.6. The monoisotopic (exact) mass is 396 g/mol. The number of carbonyl (C=O) groups is 1. The van der Waals surface area contributed by atoms with E-state index in [1.165, 1.54) is 0 Å². The number of hydrogen-bond acceptors (Lipinski definition) is 3. The first-order chi connectivity index (χ1) is 14.7. The van der Waals surface area contributed by atoms with Gasteiger partial charge in [-0.05, 0) is 35.2 Å². The van der Waals surface area contributed by atoms with Gasteiger partial charge in [0.05, 0.1) is 11.8 Å². The molecule has 0 aliphatic rings. The normalized spacial score (nSPS) is 10.7. The predicted octanol–water partition coefficient (Wildman–Crippen LogP) is 5.48. The molecule has 4 aromatic rings. The van der Waals surface area contributed by atoms with E-state index in [4.69, 9.17) is 4.74 Å². The van der Waals surface area contributed by atoms with Crippen LogP contribution in [0.3, 0.4) is 0 Å². The molecule has 30 heavy (non-hydrogen) atoms. The molecule has 0 aliphatic carbocycles. The van der Waals surface area contributed by atoms with Crippen molar-refractivity contribution in [2.75, 3.05) is 0 Å². The number of benzene rings is 3. The van der Waals surface area contributed by atoms with E-state index in [1.54, 1.807) is 4.68 Å². The molecule has 4 heteroatoms. The smallest absolute Gasteiger partial charge is 0.166 e. The van der Waals surface area contributed by atoms with E-state index >= 15 is 0 Å². The molecule has 0 bridgehead atoms. The van der Waals surface area contributed by atoms with Crippen LogP contribution >= 0.6 is 0 Å². The van der Waals surface area contributed by atoms with Crippen LogP contribution in [0, 0.1) is 0 Å². The van der Waals surface area contributed by atoms with Crippen molar-refractivity contribution >= 4 is 5.78 Å². The number of Topliss-reactive ketones (excluding diaryl/α,β-unsaturated/α-hetero) is 1. The Labute approximate surface area is 176 Å². The van der Waals surface area contributed by atoms with E-state index in [9.17, 15) is 4.79 Å². The number of nitrogens with zero attached hydrogens (tertiary/aromatic N) is 2. The lowest BCUT2D eigenvalue weighted by molar-refractivity contribution is 0.0978. The summed E-state index contributed by atoms with van der Waals surface area (Å²) in [5, 5.41) is 4.25. The van der Waals surface area contributed by atoms with Gasteiger partial charge in [-0.1, -0.05) is 66.7 Å². The zero-order valence-corrected chi connectivity index (χ0v) is 17.0. The standard InChI is InChI=1S/C26H24N2O2/c1-28-18-23(17-27-28)22-13-14-24(25(29)15-12-20-8-4-2-5-9-20)26(16-22)30-19-21-10-6-3-7-11-21/h2-11,13-14,16-18H,12,15,19H2,1H3. The molecule has 0 spiro atoms. The maximum atomic E-state index is 13.0. The Bertz CT molecular complexity index is 1120. The lowest BCUT2D eigenvalue weighted by Gasteiger charge is -2.13. The summed E-state index contributed by atoms with van der Waals surface area (Å²) in [6.07, 6.45) is 4.92. The van der Waals surface area contributed by atoms with E-state index in [2.05, 4.69) is 5.10 Å². The van der Waals surface area contributed by atoms with Crippen LogP contribution in [0.5, 0.6) is 5.75 Å². The Balaban J connectivity index is 1.58. The third-order valence-electron chi connectivity index (χ3n) is 5.04. The summed E-state index contributed by atoms with van der Waals surface area (Å²) in [7, 11) is 1.89. The second-order valence-corrected chi connectivity index (χ2v) is 7.30. The molecule has 0 aliphatic heterocycles. The fraction of sp³-hybridized carbons (Fsp3) is 0.154. The highest BCUT2D eigenvalue weighted by Crippen LogP contribution is 2.29. The third kappa shape index (κ3) is 4.84. The highest BCUT2D eigenvalue weighted by Gasteiger charge is 2.15. The lowest BCUT2D eigenvalue weighted by Crippen LogP contribution is -2.06. The Kier molecular flexibility index (Phi) is 6.04. The molecule has 0 N–H and O–H groups in total. The molecule has 1 heterocycles. The Morgan fingerprint density at radius 1 is 0.900 bits per heavy atom. The highest BCUT2D eigenvalue weighted by atomic mass is 16.5. The summed E-state index contributed by atoms with van der Waals surface area (Å²) in [4.78, 5) is 13.0. The Morgan fingerprint density at radius 2 is 1.60 bits per heavy atom. The van der Waals surface area contributed by atoms with E-state index in [0.29, 0.717) is 30.8 Å². The quantitative estimate of drug-likeness (QED) is 0.370. The zero-order chi connectivity index (χ0) is 20.8. The topological polar surface area (TPSA) is 44.1 Å². The number of hydrogen-bond donors (Lipinski definition) is 0. The van der Waals surface area contributed by atoms with Gasteiger partial charge >= 0.3 is 0 Å². The largest absolute Gasteiger partial charge is 0.488 e. The SMILES string of the molecule is Cn1cc(-c2ccc(C(=O)CCc3ccccc3)c(OCc3ccccc3)c2)cn1. The number of aryl methyl sites for hydroxylation is 2. The summed E-state index contributed by atoms with van der Waals surface area (Å²) >= 11 is 0. The molecule has 0 saturated carbocycles. The van der Waals surface area contributed by atoms with Crippen molar-refractivity contribution in [3.05, 3.63) is 108 Å². The molecular weight excluding hydrogens is 372 g/mol. The molecule has 3 aromatic carbocycles. The molecule has 0 amide bonds. The highest BCUT2D eigenvalue weighted by molar-refractivity contribution is 5.99. The fourth-order valence-corrected chi connectivity index (χ4v) is 3.39. The Morgan fingerprint density at radius 3 is 2.27 bits per heavy atom. The van der Waals surface area contributed by atoms with Crippen LogP contribution in [-0.2, 0) is 20.1 Å². The third-order valence-corrected chi connectivity index (χ3v) is 5.04. The van der Waals surface area contributed by atoms with Crippen molar-refractivity contribution in [3.63, 3.8) is 0 Å². The van der Waals surface area contributed by atoms with Crippen LogP contribution in [0.15, 0.2) is 91.3 Å². The molecule has 0 atom stereocenters. The van der Waals surface area contributed by atoms with Crippen molar-refractivity contribution in [3.8, 4) is 16.9 Å². The average Bonchev–Trinajstić information content (AvgIpc) is 3.23. The van der Waals surface area contributed by atoms with Crippen LogP contribution in [-0.4, -0.2) is 15.6 Å². The van der Waals surface area contributed by atoms with E-state index in [0.717, 1.165) is 22.3 Å². The molecule has 4 rings (SSSR count). The maximum Gasteiger partial charge on any atom is 0.166 e. The van der Waals surface area contributed by atoms with Crippen LogP contribution in [0.4, 0.5) is 0 Å². The summed E-state index contributed by atoms with van der Waals surface area (Å²) < 4.78 is 7.88. The number of ether oxygens (including phenoxy) is 1. The van der Waals surface area contributed by atoms with Crippen LogP contribution in [0.1, 0.15) is 27.9 Å². The minimum absolute atomic E-state index is 0.0830. The van der Waals surface area contributed by atoms with Gasteiger partial charge in [0, 0.05) is 25.2 Å². The molecule has 0 saturated heterocycles. The first-order valence-corrected chi connectivity index (χ1v) is 10.1. The van der Waals surface area contributed by atoms with Gasteiger partial charge in [0.2, 0.25) is 0 Å². The minimum atomic E-state index is 0.0830. The molecule has 0 fully saturated rings. The Hall–Kier alpha value is -3.66. The summed E-state index contributed by atoms with van der Waals surface area (Å²) in [5.74, 6) is 0.693. The lowest BCUT2D eigenvalue weighted by atomic mass is 9.99. The van der Waals surface area contributed by atoms with Gasteiger partial charge < -0.3 is 4.74 Å². The zero-order valence-electron chi connectivity index (χ0n) is 17.0. The van der Waals surface area contributed by atoms with Gasteiger partial charge in [-0.3, -0.25) is 9.48 Å². The van der Waals surface area contributed by atoms with E-state index in [-0.39, 0.29) is 5.78 Å². The minimum Gasteiger partial charge on any atom is -0.488 e. The second-order valence-electron chi connectivity index (χ2n) is 7.30. The summed E-state index contributed by atoms with van der Waals surface area (Å²) in [6.45, 7) is 0.413. The van der Waals surface area contributed by atoms with E-state index < -0.39 is 0 Å². The van der Waals surface area contributed by atoms with Crippen molar-refractivity contribution < 1.29 is 9.53 Å². The van der Waals surface area contributed by atoms with Crippen molar-refractivity contribution in [1.82, 2.24) is 9.78 Å². The molecule has 0 unspecified atom stereocenters. The predicted molar refractivity (Wildman–Crippen MR) is 119 cm³/mol. The van der Waals surface area contributed by atoms with Gasteiger partial charge in [-0.25, -0.2) is 0 Å². The first-order valence-electron chi connectivity index (χ1n) is 10.1. The number of rotatable bonds is 8. The molecule has 0 radical (unpaired) electrons. The number of carbonyl (C=O) groups excluding carboxylic acids is 1. The summed E-state index contributed by atoms with van der Waals surface area (Å²) in [5.41, 5.74) is 4.81. The molecular formula is C26H24N2O2. The van der Waals surface area contributed by atoms with Crippen LogP contribution in [0.25, 0.3) is 11.1 Å². The van der Waals surface area contributed by atoms with Crippen molar-refractivity contribution in [2.24, 2.45) is 7.05 Å². The average molecular weight is 396 g/mol. The number of ketones is 1. The molecule has 1 aromatic heterocycles. The maximum absolute atomic E-state index is 13.0. The molecule has 4 nitrogen and oxygen atoms in total. The second kappa shape index (κ2) is 9.23. The molecule has 150 valence electrons. The van der Waals surface area contributed by atoms with Gasteiger partial charge in [0.25, 0.3) is 0 Å². The van der Waals surface area contributed by atoms with Crippen LogP contribution < -0.4 is 4.74 Å². The fourth-order valence-electron chi connectivity index (χ4n) is 3.39. The number of aromatic nitrogens is 2. The van der Waals surface area contributed by atoms with Gasteiger partial charge in [-0.15, -0.1) is 0 Å². The van der Waals surface area contributed by atoms with Gasteiger partial charge in [0.1, 0.15) is 12.4 Å². The van der Waals surface area contributed by atoms with E-state index in [1.807, 2.05) is 98.3 Å². The van der Waals surface area contributed by atoms with Crippen molar-refractivity contribution in [2.45, 2.75) is 19.4 Å². The summed E-state index contributed by atoms with van der Waals surface area (Å²) in [6, 6.07) is 25.8. The van der Waals surface area contributed by atoms with Crippen molar-refractivity contribution in [1.29, 1.82) is 0 Å². The van der Waals surface area contributed by atoms with Gasteiger partial charge in [0.15, 0.2) is 5.78 Å².